The number of rotatable bonds is 6. The summed E-state index contributed by atoms with van der Waals surface area (Å²) in [6, 6.07) is 0. The molecule has 6 nitrogen and oxygen atoms in total. The molecule has 2 aromatic heterocycles. The summed E-state index contributed by atoms with van der Waals surface area (Å²) in [4.78, 5) is 17.4. The number of carbonyl (C=O) groups excluding carboxylic acids is 1. The van der Waals surface area contributed by atoms with Crippen molar-refractivity contribution in [3.05, 3.63) is 23.0 Å². The predicted molar refractivity (Wildman–Crippen MR) is 109 cm³/mol. The molecule has 0 atom stereocenters. The SMILES string of the molecule is CCn1cc(CN2CCN(C(=O)c3c(SC)nsc3SC)CC2)c(C)n1. The van der Waals surface area contributed by atoms with Gasteiger partial charge in [-0.3, -0.25) is 14.4 Å². The van der Waals surface area contributed by atoms with Crippen LogP contribution in [0.5, 0.6) is 0 Å². The van der Waals surface area contributed by atoms with Gasteiger partial charge in [0.2, 0.25) is 0 Å². The molecule has 0 spiro atoms. The third kappa shape index (κ3) is 4.11. The largest absolute Gasteiger partial charge is 0.336 e. The van der Waals surface area contributed by atoms with E-state index in [1.807, 2.05) is 22.1 Å². The fraction of sp³-hybridized carbons (Fsp3) is 0.588. The summed E-state index contributed by atoms with van der Waals surface area (Å²) in [5.74, 6) is 0.127. The average molecular weight is 412 g/mol. The zero-order valence-electron chi connectivity index (χ0n) is 15.7. The van der Waals surface area contributed by atoms with E-state index in [1.165, 1.54) is 17.1 Å². The Kier molecular flexibility index (Phi) is 6.65. The molecule has 1 amide bonds. The molecule has 0 aliphatic carbocycles. The molecule has 0 radical (unpaired) electrons. The summed E-state index contributed by atoms with van der Waals surface area (Å²) in [5.41, 5.74) is 3.18. The molecule has 0 bridgehead atoms. The van der Waals surface area contributed by atoms with E-state index in [0.717, 1.165) is 59.8 Å². The molecule has 26 heavy (non-hydrogen) atoms. The smallest absolute Gasteiger partial charge is 0.258 e. The van der Waals surface area contributed by atoms with Gasteiger partial charge in [-0.15, -0.1) is 23.5 Å². The Hall–Kier alpha value is -1.03. The van der Waals surface area contributed by atoms with E-state index in [2.05, 4.69) is 34.4 Å². The summed E-state index contributed by atoms with van der Waals surface area (Å²) in [7, 11) is 0. The van der Waals surface area contributed by atoms with Crippen LogP contribution in [0.3, 0.4) is 0 Å². The van der Waals surface area contributed by atoms with E-state index in [0.29, 0.717) is 0 Å². The number of hydrogen-bond donors (Lipinski definition) is 0. The van der Waals surface area contributed by atoms with Gasteiger partial charge in [-0.05, 0) is 37.9 Å². The van der Waals surface area contributed by atoms with Crippen LogP contribution in [-0.2, 0) is 13.1 Å². The lowest BCUT2D eigenvalue weighted by atomic mass is 10.2. The van der Waals surface area contributed by atoms with Crippen molar-refractivity contribution in [3.63, 3.8) is 0 Å². The van der Waals surface area contributed by atoms with Gasteiger partial charge in [0.05, 0.1) is 15.5 Å². The zero-order valence-corrected chi connectivity index (χ0v) is 18.1. The number of thioether (sulfide) groups is 2. The Bertz CT molecular complexity index is 743. The Labute approximate surface area is 167 Å². The highest BCUT2D eigenvalue weighted by Gasteiger charge is 2.28. The molecule has 0 aromatic carbocycles. The number of amides is 1. The molecule has 3 heterocycles. The second-order valence-corrected chi connectivity index (χ2v) is 8.87. The van der Waals surface area contributed by atoms with Crippen molar-refractivity contribution in [2.45, 2.75) is 36.2 Å². The van der Waals surface area contributed by atoms with Crippen molar-refractivity contribution in [1.29, 1.82) is 0 Å². The number of hydrogen-bond acceptors (Lipinski definition) is 7. The second-order valence-electron chi connectivity index (χ2n) is 6.22. The van der Waals surface area contributed by atoms with Crippen LogP contribution in [-0.4, -0.2) is 68.6 Å². The molecule has 0 unspecified atom stereocenters. The van der Waals surface area contributed by atoms with Crippen LogP contribution in [0.2, 0.25) is 0 Å². The van der Waals surface area contributed by atoms with Gasteiger partial charge in [-0.1, -0.05) is 0 Å². The number of aryl methyl sites for hydroxylation is 2. The normalized spacial score (nSPS) is 15.6. The lowest BCUT2D eigenvalue weighted by Gasteiger charge is -2.34. The van der Waals surface area contributed by atoms with Gasteiger partial charge >= 0.3 is 0 Å². The van der Waals surface area contributed by atoms with Crippen LogP contribution in [0, 0.1) is 6.92 Å². The van der Waals surface area contributed by atoms with E-state index in [1.54, 1.807) is 23.5 Å². The van der Waals surface area contributed by atoms with Crippen LogP contribution in [0.1, 0.15) is 28.5 Å². The third-order valence-corrected chi connectivity index (χ3v) is 7.39. The van der Waals surface area contributed by atoms with Gasteiger partial charge in [0.1, 0.15) is 5.03 Å². The Morgan fingerprint density at radius 2 is 1.96 bits per heavy atom. The van der Waals surface area contributed by atoms with Gasteiger partial charge in [0, 0.05) is 51.0 Å². The molecule has 1 fully saturated rings. The van der Waals surface area contributed by atoms with Gasteiger partial charge < -0.3 is 4.90 Å². The molecule has 9 heteroatoms. The first-order valence-corrected chi connectivity index (χ1v) is 11.9. The van der Waals surface area contributed by atoms with Crippen molar-refractivity contribution in [1.82, 2.24) is 24.0 Å². The highest BCUT2D eigenvalue weighted by molar-refractivity contribution is 8.01. The molecular formula is C17H25N5OS3. The maximum Gasteiger partial charge on any atom is 0.258 e. The monoisotopic (exact) mass is 411 g/mol. The fourth-order valence-corrected chi connectivity index (χ4v) is 5.37. The first-order valence-electron chi connectivity index (χ1n) is 8.69. The lowest BCUT2D eigenvalue weighted by Crippen LogP contribution is -2.48. The molecule has 0 N–H and O–H groups in total. The quantitative estimate of drug-likeness (QED) is 0.681. The Balaban J connectivity index is 1.62. The van der Waals surface area contributed by atoms with E-state index < -0.39 is 0 Å². The molecular weight excluding hydrogens is 386 g/mol. The van der Waals surface area contributed by atoms with E-state index in [4.69, 9.17) is 0 Å². The second kappa shape index (κ2) is 8.77. The maximum atomic E-state index is 13.0. The van der Waals surface area contributed by atoms with Crippen LogP contribution >= 0.6 is 35.1 Å². The highest BCUT2D eigenvalue weighted by Crippen LogP contribution is 2.33. The molecule has 3 rings (SSSR count). The fourth-order valence-electron chi connectivity index (χ4n) is 3.10. The first kappa shape index (κ1) is 19.7. The molecule has 0 saturated carbocycles. The minimum atomic E-state index is 0.127. The van der Waals surface area contributed by atoms with Crippen LogP contribution in [0.4, 0.5) is 0 Å². The van der Waals surface area contributed by atoms with E-state index >= 15 is 0 Å². The Morgan fingerprint density at radius 3 is 2.54 bits per heavy atom. The summed E-state index contributed by atoms with van der Waals surface area (Å²) in [6.45, 7) is 9.28. The average Bonchev–Trinajstić information content (AvgIpc) is 3.24. The number of nitrogens with zero attached hydrogens (tertiary/aromatic N) is 5. The zero-order chi connectivity index (χ0) is 18.7. The predicted octanol–water partition coefficient (Wildman–Crippen LogP) is 3.07. The molecule has 2 aromatic rings. The summed E-state index contributed by atoms with van der Waals surface area (Å²) >= 11 is 4.59. The van der Waals surface area contributed by atoms with Crippen LogP contribution in [0.25, 0.3) is 0 Å². The van der Waals surface area contributed by atoms with Gasteiger partial charge in [-0.2, -0.15) is 9.47 Å². The summed E-state index contributed by atoms with van der Waals surface area (Å²) in [5, 5.41) is 5.38. The minimum Gasteiger partial charge on any atom is -0.336 e. The summed E-state index contributed by atoms with van der Waals surface area (Å²) in [6.07, 6.45) is 6.12. The van der Waals surface area contributed by atoms with Crippen LogP contribution < -0.4 is 0 Å². The number of piperazine rings is 1. The highest BCUT2D eigenvalue weighted by atomic mass is 32.2. The van der Waals surface area contributed by atoms with Gasteiger partial charge in [0.15, 0.2) is 0 Å². The standard InChI is InChI=1S/C17H25N5OS3/c1-5-22-11-13(12(2)18-22)10-20-6-8-21(9-7-20)16(23)14-15(24-3)19-26-17(14)25-4/h11H,5-10H2,1-4H3. The molecule has 1 aliphatic rings. The van der Waals surface area contributed by atoms with Crippen molar-refractivity contribution in [2.24, 2.45) is 0 Å². The molecule has 142 valence electrons. The maximum absolute atomic E-state index is 13.0. The Morgan fingerprint density at radius 1 is 1.23 bits per heavy atom. The van der Waals surface area contributed by atoms with Crippen LogP contribution in [0.15, 0.2) is 15.4 Å². The van der Waals surface area contributed by atoms with Gasteiger partial charge in [-0.25, -0.2) is 0 Å². The molecule has 1 aliphatic heterocycles. The van der Waals surface area contributed by atoms with Gasteiger partial charge in [0.25, 0.3) is 5.91 Å². The number of aromatic nitrogens is 3. The van der Waals surface area contributed by atoms with E-state index in [-0.39, 0.29) is 5.91 Å². The van der Waals surface area contributed by atoms with E-state index in [9.17, 15) is 4.79 Å². The topological polar surface area (TPSA) is 54.3 Å². The summed E-state index contributed by atoms with van der Waals surface area (Å²) < 4.78 is 7.43. The van der Waals surface area contributed by atoms with Crippen molar-refractivity contribution in [3.8, 4) is 0 Å². The van der Waals surface area contributed by atoms with Crippen molar-refractivity contribution < 1.29 is 4.79 Å². The molecule has 1 saturated heterocycles. The lowest BCUT2D eigenvalue weighted by molar-refractivity contribution is 0.0622. The van der Waals surface area contributed by atoms with Crippen molar-refractivity contribution in [2.75, 3.05) is 38.7 Å². The first-order chi connectivity index (χ1) is 12.6. The number of carbonyl (C=O) groups is 1. The van der Waals surface area contributed by atoms with Crippen molar-refractivity contribution >= 4 is 41.0 Å². The third-order valence-electron chi connectivity index (χ3n) is 4.65. The minimum absolute atomic E-state index is 0.127.